The van der Waals surface area contributed by atoms with Crippen molar-refractivity contribution in [2.75, 3.05) is 0 Å². The van der Waals surface area contributed by atoms with Gasteiger partial charge in [0.05, 0.1) is 6.42 Å². The fourth-order valence-electron chi connectivity index (χ4n) is 2.39. The molecular formula is C16H18O5. The molecule has 0 saturated heterocycles. The fourth-order valence-corrected chi connectivity index (χ4v) is 2.39. The maximum Gasteiger partial charge on any atom is 0.508 e. The topological polar surface area (TPSA) is 72.8 Å². The van der Waals surface area contributed by atoms with Crippen molar-refractivity contribution in [1.29, 1.82) is 0 Å². The third kappa shape index (κ3) is 2.77. The van der Waals surface area contributed by atoms with Gasteiger partial charge in [-0.15, -0.1) is 0 Å². The smallest absolute Gasteiger partial charge is 0.454 e. The summed E-state index contributed by atoms with van der Waals surface area (Å²) in [6.45, 7) is 9.37. The van der Waals surface area contributed by atoms with Gasteiger partial charge in [0.2, 0.25) is 0 Å². The monoisotopic (exact) mass is 290 g/mol. The molecule has 5 heteroatoms. The highest BCUT2D eigenvalue weighted by molar-refractivity contribution is 6.09. The molecule has 0 spiro atoms. The van der Waals surface area contributed by atoms with Crippen molar-refractivity contribution in [3.63, 3.8) is 0 Å². The molecule has 1 N–H and O–H groups in total. The van der Waals surface area contributed by atoms with Gasteiger partial charge in [-0.1, -0.05) is 13.5 Å². The third-order valence-corrected chi connectivity index (χ3v) is 3.78. The minimum absolute atomic E-state index is 0.0801. The Hall–Kier alpha value is -2.30. The van der Waals surface area contributed by atoms with Gasteiger partial charge in [-0.3, -0.25) is 4.79 Å². The van der Waals surface area contributed by atoms with E-state index in [0.717, 1.165) is 16.7 Å². The standard InChI is InChI=1S/C16H18O5/c1-5-8(2)14(17)12-6-11-7-13(21-16(18)19)20-15(11)10(4)9(12)3/h6,13H,2,5,7H2,1,3-4H3,(H,18,19). The summed E-state index contributed by atoms with van der Waals surface area (Å²) in [4.78, 5) is 22.9. The Morgan fingerprint density at radius 2 is 2.10 bits per heavy atom. The van der Waals surface area contributed by atoms with Crippen molar-refractivity contribution in [3.05, 3.63) is 40.5 Å². The van der Waals surface area contributed by atoms with Crippen molar-refractivity contribution >= 4 is 11.9 Å². The number of ether oxygens (including phenoxy) is 2. The lowest BCUT2D eigenvalue weighted by Gasteiger charge is -2.13. The lowest BCUT2D eigenvalue weighted by atomic mass is 9.92. The van der Waals surface area contributed by atoms with Gasteiger partial charge < -0.3 is 14.6 Å². The first kappa shape index (κ1) is 15.1. The Morgan fingerprint density at radius 1 is 1.43 bits per heavy atom. The van der Waals surface area contributed by atoms with E-state index in [9.17, 15) is 9.59 Å². The Kier molecular flexibility index (Phi) is 4.02. The van der Waals surface area contributed by atoms with Crippen LogP contribution in [0.2, 0.25) is 0 Å². The molecule has 1 aliphatic heterocycles. The molecule has 1 aliphatic rings. The second kappa shape index (κ2) is 5.60. The van der Waals surface area contributed by atoms with Crippen molar-refractivity contribution in [3.8, 4) is 5.75 Å². The van der Waals surface area contributed by atoms with Crippen molar-refractivity contribution in [2.24, 2.45) is 0 Å². The maximum absolute atomic E-state index is 12.3. The van der Waals surface area contributed by atoms with E-state index in [1.165, 1.54) is 0 Å². The molecular weight excluding hydrogens is 272 g/mol. The molecule has 1 aromatic rings. The molecule has 0 amide bonds. The zero-order chi connectivity index (χ0) is 15.7. The number of hydrogen-bond donors (Lipinski definition) is 1. The van der Waals surface area contributed by atoms with E-state index in [-0.39, 0.29) is 5.78 Å². The predicted molar refractivity (Wildman–Crippen MR) is 76.9 cm³/mol. The average molecular weight is 290 g/mol. The van der Waals surface area contributed by atoms with E-state index in [2.05, 4.69) is 11.3 Å². The van der Waals surface area contributed by atoms with Gasteiger partial charge in [-0.05, 0) is 43.0 Å². The van der Waals surface area contributed by atoms with Gasteiger partial charge in [-0.2, -0.15) is 0 Å². The van der Waals surface area contributed by atoms with E-state index < -0.39 is 12.4 Å². The van der Waals surface area contributed by atoms with Crippen molar-refractivity contribution in [2.45, 2.75) is 39.9 Å². The molecule has 0 aliphatic carbocycles. The SMILES string of the molecule is C=C(CC)C(=O)c1cc2c(c(C)c1C)OC(OC(=O)O)C2. The highest BCUT2D eigenvalue weighted by Crippen LogP contribution is 2.37. The Bertz CT molecular complexity index is 630. The number of carbonyl (C=O) groups excluding carboxylic acids is 1. The average Bonchev–Trinajstić information content (AvgIpc) is 2.83. The van der Waals surface area contributed by atoms with Crippen LogP contribution in [0, 0.1) is 13.8 Å². The summed E-state index contributed by atoms with van der Waals surface area (Å²) >= 11 is 0. The molecule has 1 aromatic carbocycles. The Morgan fingerprint density at radius 3 is 2.67 bits per heavy atom. The molecule has 0 aromatic heterocycles. The second-order valence-electron chi connectivity index (χ2n) is 5.08. The number of allylic oxidation sites excluding steroid dienone is 1. The van der Waals surface area contributed by atoms with Crippen LogP contribution in [0.3, 0.4) is 0 Å². The summed E-state index contributed by atoms with van der Waals surface area (Å²) in [6.07, 6.45) is -1.33. The van der Waals surface area contributed by atoms with Crippen LogP contribution in [0.4, 0.5) is 4.79 Å². The van der Waals surface area contributed by atoms with Gasteiger partial charge in [0, 0.05) is 11.1 Å². The molecule has 2 rings (SSSR count). The molecule has 1 unspecified atom stereocenters. The highest BCUT2D eigenvalue weighted by Gasteiger charge is 2.30. The fraction of sp³-hybridized carbons (Fsp3) is 0.375. The Balaban J connectivity index is 2.39. The first-order chi connectivity index (χ1) is 9.85. The van der Waals surface area contributed by atoms with Crippen LogP contribution >= 0.6 is 0 Å². The first-order valence-corrected chi connectivity index (χ1v) is 6.76. The number of carboxylic acid groups (broad SMARTS) is 1. The van der Waals surface area contributed by atoms with Gasteiger partial charge in [0.25, 0.3) is 6.29 Å². The molecule has 112 valence electrons. The van der Waals surface area contributed by atoms with Crippen molar-refractivity contribution in [1.82, 2.24) is 0 Å². The normalized spacial score (nSPS) is 16.0. The summed E-state index contributed by atoms with van der Waals surface area (Å²) in [7, 11) is 0. The Labute approximate surface area is 123 Å². The van der Waals surface area contributed by atoms with Crippen LogP contribution in [-0.2, 0) is 11.2 Å². The zero-order valence-electron chi connectivity index (χ0n) is 12.4. The number of hydrogen-bond acceptors (Lipinski definition) is 4. The summed E-state index contributed by atoms with van der Waals surface area (Å²) in [5, 5.41) is 8.66. The van der Waals surface area contributed by atoms with E-state index in [1.54, 1.807) is 6.07 Å². The minimum atomic E-state index is -1.38. The lowest BCUT2D eigenvalue weighted by Crippen LogP contribution is -2.20. The van der Waals surface area contributed by atoms with Crippen LogP contribution in [0.1, 0.15) is 40.4 Å². The van der Waals surface area contributed by atoms with E-state index >= 15 is 0 Å². The quantitative estimate of drug-likeness (QED) is 0.522. The van der Waals surface area contributed by atoms with Crippen molar-refractivity contribution < 1.29 is 24.2 Å². The van der Waals surface area contributed by atoms with Crippen LogP contribution in [0.25, 0.3) is 0 Å². The van der Waals surface area contributed by atoms with Crippen LogP contribution in [0.15, 0.2) is 18.2 Å². The number of benzene rings is 1. The molecule has 0 fully saturated rings. The van der Waals surface area contributed by atoms with Gasteiger partial charge >= 0.3 is 6.16 Å². The van der Waals surface area contributed by atoms with E-state index in [0.29, 0.717) is 29.7 Å². The molecule has 0 bridgehead atoms. The van der Waals surface area contributed by atoms with E-state index in [4.69, 9.17) is 9.84 Å². The number of rotatable bonds is 4. The molecule has 1 heterocycles. The summed E-state index contributed by atoms with van der Waals surface area (Å²) in [5.74, 6) is 0.529. The third-order valence-electron chi connectivity index (χ3n) is 3.78. The number of carbonyl (C=O) groups is 2. The molecule has 5 nitrogen and oxygen atoms in total. The second-order valence-corrected chi connectivity index (χ2v) is 5.08. The molecule has 21 heavy (non-hydrogen) atoms. The molecule has 0 saturated carbocycles. The number of ketones is 1. The minimum Gasteiger partial charge on any atom is -0.454 e. The summed E-state index contributed by atoms with van der Waals surface area (Å²) in [5.41, 5.74) is 3.59. The van der Waals surface area contributed by atoms with Crippen LogP contribution < -0.4 is 4.74 Å². The molecule has 1 atom stereocenters. The predicted octanol–water partition coefficient (Wildman–Crippen LogP) is 3.41. The van der Waals surface area contributed by atoms with Gasteiger partial charge in [-0.25, -0.2) is 4.79 Å². The molecule has 0 radical (unpaired) electrons. The maximum atomic E-state index is 12.3. The first-order valence-electron chi connectivity index (χ1n) is 6.76. The van der Waals surface area contributed by atoms with Gasteiger partial charge in [0.15, 0.2) is 5.78 Å². The summed E-state index contributed by atoms with van der Waals surface area (Å²) < 4.78 is 10.2. The number of fused-ring (bicyclic) bond motifs is 1. The largest absolute Gasteiger partial charge is 0.508 e. The number of Topliss-reactive ketones (excluding diaryl/α,β-unsaturated/α-hetero) is 1. The zero-order valence-corrected chi connectivity index (χ0v) is 12.4. The van der Waals surface area contributed by atoms with Gasteiger partial charge in [0.1, 0.15) is 5.75 Å². The van der Waals surface area contributed by atoms with Crippen LogP contribution in [0.5, 0.6) is 5.75 Å². The lowest BCUT2D eigenvalue weighted by molar-refractivity contribution is -0.0396. The van der Waals surface area contributed by atoms with E-state index in [1.807, 2.05) is 20.8 Å². The van der Waals surface area contributed by atoms with Crippen LogP contribution in [-0.4, -0.2) is 23.3 Å². The highest BCUT2D eigenvalue weighted by atomic mass is 16.8. The summed E-state index contributed by atoms with van der Waals surface area (Å²) in [6, 6.07) is 1.76.